The summed E-state index contributed by atoms with van der Waals surface area (Å²) in [5, 5.41) is 11.8. The highest BCUT2D eigenvalue weighted by Crippen LogP contribution is 2.34. The quantitative estimate of drug-likeness (QED) is 0.742. The van der Waals surface area contributed by atoms with Crippen molar-refractivity contribution in [3.05, 3.63) is 28.5 Å². The number of amides is 1. The number of hydrogen-bond donors (Lipinski definition) is 2. The summed E-state index contributed by atoms with van der Waals surface area (Å²) in [6.07, 6.45) is 1.60. The van der Waals surface area contributed by atoms with Crippen molar-refractivity contribution in [1.82, 2.24) is 10.3 Å². The van der Waals surface area contributed by atoms with E-state index < -0.39 is 11.6 Å². The van der Waals surface area contributed by atoms with E-state index in [9.17, 15) is 4.79 Å². The van der Waals surface area contributed by atoms with Crippen LogP contribution in [0.1, 0.15) is 31.0 Å². The molecule has 1 aromatic rings. The number of carbonyl (C=O) groups is 1. The second-order valence-corrected chi connectivity index (χ2v) is 4.64. The highest BCUT2D eigenvalue weighted by molar-refractivity contribution is 6.29. The van der Waals surface area contributed by atoms with E-state index in [1.54, 1.807) is 6.07 Å². The van der Waals surface area contributed by atoms with Crippen LogP contribution in [0.3, 0.4) is 0 Å². The smallest absolute Gasteiger partial charge is 0.405 e. The molecule has 1 aliphatic carbocycles. The average Bonchev–Trinajstić information content (AvgIpc) is 2.18. The van der Waals surface area contributed by atoms with Crippen LogP contribution in [-0.2, 0) is 12.0 Å². The number of aryl methyl sites for hydroxylation is 1. The molecule has 0 fully saturated rings. The summed E-state index contributed by atoms with van der Waals surface area (Å²) >= 11 is 5.85. The summed E-state index contributed by atoms with van der Waals surface area (Å²) in [6, 6.07) is 3.67. The van der Waals surface area contributed by atoms with Crippen molar-refractivity contribution in [2.24, 2.45) is 0 Å². The summed E-state index contributed by atoms with van der Waals surface area (Å²) in [4.78, 5) is 15.1. The molecule has 0 spiro atoms. The van der Waals surface area contributed by atoms with Crippen molar-refractivity contribution < 1.29 is 9.90 Å². The number of nitrogens with zero attached hydrogens (tertiary/aromatic N) is 1. The van der Waals surface area contributed by atoms with Gasteiger partial charge in [0.15, 0.2) is 0 Å². The van der Waals surface area contributed by atoms with Gasteiger partial charge >= 0.3 is 6.09 Å². The lowest BCUT2D eigenvalue weighted by molar-refractivity contribution is 0.174. The van der Waals surface area contributed by atoms with E-state index >= 15 is 0 Å². The summed E-state index contributed by atoms with van der Waals surface area (Å²) in [7, 11) is 0. The zero-order valence-electron chi connectivity index (χ0n) is 8.96. The SMILES string of the molecule is CC1(NC(=O)O)CCCc2ccc(Cl)nc21. The van der Waals surface area contributed by atoms with E-state index in [-0.39, 0.29) is 0 Å². The van der Waals surface area contributed by atoms with Crippen LogP contribution in [0.25, 0.3) is 0 Å². The van der Waals surface area contributed by atoms with Crippen molar-refractivity contribution in [2.45, 2.75) is 31.7 Å². The third-order valence-corrected chi connectivity index (χ3v) is 3.18. The minimum absolute atomic E-state index is 0.402. The lowest BCUT2D eigenvalue weighted by Crippen LogP contribution is -2.45. The first kappa shape index (κ1) is 11.2. The Morgan fingerprint density at radius 3 is 3.06 bits per heavy atom. The maximum absolute atomic E-state index is 10.8. The van der Waals surface area contributed by atoms with Gasteiger partial charge in [0, 0.05) is 0 Å². The van der Waals surface area contributed by atoms with Crippen LogP contribution in [-0.4, -0.2) is 16.2 Å². The molecule has 1 atom stereocenters. The number of fused-ring (bicyclic) bond motifs is 1. The summed E-state index contributed by atoms with van der Waals surface area (Å²) in [6.45, 7) is 1.85. The lowest BCUT2D eigenvalue weighted by atomic mass is 9.81. The molecule has 1 aliphatic rings. The Hall–Kier alpha value is -1.29. The highest BCUT2D eigenvalue weighted by Gasteiger charge is 2.35. The standard InChI is InChI=1S/C11H13ClN2O2/c1-11(14-10(15)16)6-2-3-7-4-5-8(12)13-9(7)11/h4-5,14H,2-3,6H2,1H3,(H,15,16). The molecule has 1 unspecified atom stereocenters. The van der Waals surface area contributed by atoms with Gasteiger partial charge in [-0.3, -0.25) is 0 Å². The van der Waals surface area contributed by atoms with Crippen LogP contribution in [0, 0.1) is 0 Å². The number of nitrogens with one attached hydrogen (secondary N) is 1. The largest absolute Gasteiger partial charge is 0.465 e. The molecule has 0 radical (unpaired) electrons. The molecule has 5 heteroatoms. The van der Waals surface area contributed by atoms with E-state index in [0.29, 0.717) is 5.15 Å². The van der Waals surface area contributed by atoms with Crippen LogP contribution in [0.15, 0.2) is 12.1 Å². The number of pyridine rings is 1. The van der Waals surface area contributed by atoms with E-state index in [0.717, 1.165) is 30.5 Å². The van der Waals surface area contributed by atoms with Crippen molar-refractivity contribution in [3.63, 3.8) is 0 Å². The van der Waals surface area contributed by atoms with Gasteiger partial charge in [-0.05, 0) is 37.8 Å². The first-order chi connectivity index (χ1) is 7.51. The molecular weight excluding hydrogens is 228 g/mol. The Morgan fingerprint density at radius 1 is 1.62 bits per heavy atom. The molecule has 1 heterocycles. The molecule has 0 aromatic carbocycles. The minimum Gasteiger partial charge on any atom is -0.465 e. The van der Waals surface area contributed by atoms with Crippen LogP contribution in [0.4, 0.5) is 4.79 Å². The van der Waals surface area contributed by atoms with Gasteiger partial charge in [0.1, 0.15) is 5.15 Å². The molecule has 0 bridgehead atoms. The average molecular weight is 241 g/mol. The molecular formula is C11H13ClN2O2. The van der Waals surface area contributed by atoms with Gasteiger partial charge in [-0.1, -0.05) is 17.7 Å². The zero-order valence-corrected chi connectivity index (χ0v) is 9.71. The molecule has 0 saturated heterocycles. The molecule has 2 rings (SSSR count). The zero-order chi connectivity index (χ0) is 11.8. The third kappa shape index (κ3) is 1.97. The van der Waals surface area contributed by atoms with E-state index in [2.05, 4.69) is 10.3 Å². The number of carboxylic acid groups (broad SMARTS) is 1. The maximum atomic E-state index is 10.8. The summed E-state index contributed by atoms with van der Waals surface area (Å²) < 4.78 is 0. The third-order valence-electron chi connectivity index (χ3n) is 2.97. The fourth-order valence-electron chi connectivity index (χ4n) is 2.25. The monoisotopic (exact) mass is 240 g/mol. The Labute approximate surface area is 98.6 Å². The number of hydrogen-bond acceptors (Lipinski definition) is 2. The van der Waals surface area contributed by atoms with Crippen molar-refractivity contribution >= 4 is 17.7 Å². The molecule has 86 valence electrons. The van der Waals surface area contributed by atoms with Gasteiger partial charge in [0.05, 0.1) is 11.2 Å². The molecule has 1 amide bonds. The Morgan fingerprint density at radius 2 is 2.38 bits per heavy atom. The van der Waals surface area contributed by atoms with Gasteiger partial charge in [-0.25, -0.2) is 9.78 Å². The highest BCUT2D eigenvalue weighted by atomic mass is 35.5. The van der Waals surface area contributed by atoms with E-state index in [4.69, 9.17) is 16.7 Å². The van der Waals surface area contributed by atoms with Gasteiger partial charge in [-0.2, -0.15) is 0 Å². The summed E-state index contributed by atoms with van der Waals surface area (Å²) in [5.41, 5.74) is 1.21. The topological polar surface area (TPSA) is 62.2 Å². The predicted octanol–water partition coefficient (Wildman–Crippen LogP) is 2.55. The number of rotatable bonds is 1. The van der Waals surface area contributed by atoms with Crippen molar-refractivity contribution in [1.29, 1.82) is 0 Å². The van der Waals surface area contributed by atoms with Gasteiger partial charge < -0.3 is 10.4 Å². The van der Waals surface area contributed by atoms with Crippen LogP contribution < -0.4 is 5.32 Å². The molecule has 16 heavy (non-hydrogen) atoms. The second-order valence-electron chi connectivity index (χ2n) is 4.26. The minimum atomic E-state index is -1.03. The Kier molecular flexibility index (Phi) is 2.76. The van der Waals surface area contributed by atoms with Gasteiger partial charge in [0.25, 0.3) is 0 Å². The van der Waals surface area contributed by atoms with Gasteiger partial charge in [0.2, 0.25) is 0 Å². The van der Waals surface area contributed by atoms with E-state index in [1.807, 2.05) is 13.0 Å². The van der Waals surface area contributed by atoms with Crippen LogP contribution in [0.5, 0.6) is 0 Å². The van der Waals surface area contributed by atoms with Crippen LogP contribution >= 0.6 is 11.6 Å². The van der Waals surface area contributed by atoms with Crippen molar-refractivity contribution in [2.75, 3.05) is 0 Å². The first-order valence-electron chi connectivity index (χ1n) is 5.18. The number of halogens is 1. The van der Waals surface area contributed by atoms with E-state index in [1.165, 1.54) is 0 Å². The second kappa shape index (κ2) is 3.94. The van der Waals surface area contributed by atoms with Crippen molar-refractivity contribution in [3.8, 4) is 0 Å². The molecule has 4 nitrogen and oxygen atoms in total. The fraction of sp³-hybridized carbons (Fsp3) is 0.455. The first-order valence-corrected chi connectivity index (χ1v) is 5.56. The summed E-state index contributed by atoms with van der Waals surface area (Å²) in [5.74, 6) is 0. The molecule has 0 aliphatic heterocycles. The predicted molar refractivity (Wildman–Crippen MR) is 60.7 cm³/mol. The maximum Gasteiger partial charge on any atom is 0.405 e. The molecule has 2 N–H and O–H groups in total. The lowest BCUT2D eigenvalue weighted by Gasteiger charge is -2.34. The molecule has 0 saturated carbocycles. The fourth-order valence-corrected chi connectivity index (χ4v) is 2.40. The number of aromatic nitrogens is 1. The Bertz CT molecular complexity index is 436. The van der Waals surface area contributed by atoms with Gasteiger partial charge in [-0.15, -0.1) is 0 Å². The van der Waals surface area contributed by atoms with Crippen LogP contribution in [0.2, 0.25) is 5.15 Å². The Balaban J connectivity index is 2.45. The normalized spacial score (nSPS) is 23.6. The molecule has 1 aromatic heterocycles.